The number of piperidine rings is 1. The van der Waals surface area contributed by atoms with Crippen molar-refractivity contribution in [2.75, 3.05) is 13.1 Å². The van der Waals surface area contributed by atoms with Crippen molar-refractivity contribution in [2.24, 2.45) is 5.92 Å². The zero-order valence-electron chi connectivity index (χ0n) is 24.8. The Hall–Kier alpha value is -3.50. The van der Waals surface area contributed by atoms with E-state index < -0.39 is 26.9 Å². The number of aromatic nitrogens is 2. The highest BCUT2D eigenvalue weighted by Gasteiger charge is 2.55. The quantitative estimate of drug-likeness (QED) is 0.191. The second-order valence-electron chi connectivity index (χ2n) is 12.3. The third-order valence-corrected chi connectivity index (χ3v) is 12.1. The molecular formula is C35H32Cl2FN3O4S. The van der Waals surface area contributed by atoms with Crippen molar-refractivity contribution in [3.8, 4) is 0 Å². The molecular weight excluding hydrogens is 648 g/mol. The average molecular weight is 681 g/mol. The van der Waals surface area contributed by atoms with Crippen LogP contribution in [0.5, 0.6) is 0 Å². The Labute approximate surface area is 277 Å². The number of benzene rings is 3. The van der Waals surface area contributed by atoms with E-state index in [2.05, 4.69) is 16.8 Å². The van der Waals surface area contributed by atoms with E-state index in [9.17, 15) is 18.3 Å². The molecule has 0 spiro atoms. The molecule has 2 unspecified atom stereocenters. The number of alkyl halides is 1. The van der Waals surface area contributed by atoms with Gasteiger partial charge >= 0.3 is 5.97 Å². The summed E-state index contributed by atoms with van der Waals surface area (Å²) < 4.78 is 46.4. The second-order valence-corrected chi connectivity index (χ2v) is 15.3. The van der Waals surface area contributed by atoms with E-state index in [0.717, 1.165) is 62.6 Å². The number of halogens is 3. The highest BCUT2D eigenvalue weighted by molar-refractivity contribution is 7.90. The number of aliphatic carboxylic acids is 1. The van der Waals surface area contributed by atoms with Gasteiger partial charge in [-0.05, 0) is 84.8 Å². The normalized spacial score (nSPS) is 22.6. The fraction of sp³-hybridized carbons (Fsp3) is 0.314. The van der Waals surface area contributed by atoms with Crippen LogP contribution in [0.25, 0.3) is 10.9 Å². The Morgan fingerprint density at radius 2 is 1.48 bits per heavy atom. The predicted octanol–water partition coefficient (Wildman–Crippen LogP) is 7.86. The molecule has 0 bridgehead atoms. The third-order valence-electron chi connectivity index (χ3n) is 9.40. The van der Waals surface area contributed by atoms with Gasteiger partial charge in [0.05, 0.1) is 11.6 Å². The first-order chi connectivity index (χ1) is 22.1. The van der Waals surface area contributed by atoms with Crippen molar-refractivity contribution < 1.29 is 22.7 Å². The molecule has 0 amide bonds. The Balaban J connectivity index is 1.24. The second kappa shape index (κ2) is 11.9. The van der Waals surface area contributed by atoms with Crippen LogP contribution in [0.2, 0.25) is 10.0 Å². The SMILES string of the molecule is O=C(O)C1C=CC=CC1(F)S(=O)(=O)N1CCC(c2c3cc(C(c4ccc(Cl)cc4)c4ccc(Cl)cc4)ccc3nn2C2CC2)CC1. The number of carboxylic acids is 1. The molecule has 0 radical (unpaired) electrons. The van der Waals surface area contributed by atoms with Gasteiger partial charge in [-0.1, -0.05) is 71.8 Å². The molecule has 2 fully saturated rings. The molecule has 2 aliphatic carbocycles. The van der Waals surface area contributed by atoms with E-state index in [0.29, 0.717) is 28.9 Å². The lowest BCUT2D eigenvalue weighted by molar-refractivity contribution is -0.142. The van der Waals surface area contributed by atoms with Crippen LogP contribution in [0.3, 0.4) is 0 Å². The number of carboxylic acid groups (broad SMARTS) is 1. The Kier molecular flexibility index (Phi) is 8.08. The van der Waals surface area contributed by atoms with Crippen LogP contribution in [-0.2, 0) is 14.8 Å². The van der Waals surface area contributed by atoms with E-state index in [1.54, 1.807) is 0 Å². The lowest BCUT2D eigenvalue weighted by atomic mass is 9.84. The van der Waals surface area contributed by atoms with Crippen LogP contribution < -0.4 is 0 Å². The maximum atomic E-state index is 16.1. The van der Waals surface area contributed by atoms with Gasteiger partial charge in [0, 0.05) is 46.1 Å². The summed E-state index contributed by atoms with van der Waals surface area (Å²) in [5, 5.41) is 13.9. The Morgan fingerprint density at radius 3 is 2.04 bits per heavy atom. The number of sulfonamides is 1. The smallest absolute Gasteiger partial charge is 0.315 e. The molecule has 7 nitrogen and oxygen atoms in total. The minimum atomic E-state index is -4.61. The van der Waals surface area contributed by atoms with Gasteiger partial charge in [-0.25, -0.2) is 12.8 Å². The largest absolute Gasteiger partial charge is 0.481 e. The molecule has 3 aromatic carbocycles. The fourth-order valence-corrected chi connectivity index (χ4v) is 8.96. The summed E-state index contributed by atoms with van der Waals surface area (Å²) in [5.74, 6) is -3.44. The van der Waals surface area contributed by atoms with Crippen LogP contribution >= 0.6 is 23.2 Å². The number of nitrogens with zero attached hydrogens (tertiary/aromatic N) is 3. The molecule has 238 valence electrons. The van der Waals surface area contributed by atoms with Crippen LogP contribution in [0.4, 0.5) is 4.39 Å². The lowest BCUT2D eigenvalue weighted by Crippen LogP contribution is -2.53. The van der Waals surface area contributed by atoms with E-state index in [-0.39, 0.29) is 24.9 Å². The van der Waals surface area contributed by atoms with Crippen LogP contribution in [0, 0.1) is 5.92 Å². The highest BCUT2D eigenvalue weighted by atomic mass is 35.5. The molecule has 3 aliphatic rings. The first kappa shape index (κ1) is 31.1. The minimum Gasteiger partial charge on any atom is -0.481 e. The van der Waals surface area contributed by atoms with Gasteiger partial charge in [-0.2, -0.15) is 9.40 Å². The summed E-state index contributed by atoms with van der Waals surface area (Å²) in [4.78, 5) is 11.8. The summed E-state index contributed by atoms with van der Waals surface area (Å²) in [6, 6.07) is 22.3. The summed E-state index contributed by atoms with van der Waals surface area (Å²) in [6.45, 7) is 0.162. The number of rotatable bonds is 8. The molecule has 1 saturated heterocycles. The van der Waals surface area contributed by atoms with Crippen molar-refractivity contribution in [2.45, 2.75) is 48.6 Å². The van der Waals surface area contributed by atoms with Crippen molar-refractivity contribution in [3.63, 3.8) is 0 Å². The highest BCUT2D eigenvalue weighted by Crippen LogP contribution is 2.45. The summed E-state index contributed by atoms with van der Waals surface area (Å²) in [6.07, 6.45) is 7.53. The predicted molar refractivity (Wildman–Crippen MR) is 178 cm³/mol. The zero-order chi connectivity index (χ0) is 32.2. The zero-order valence-corrected chi connectivity index (χ0v) is 27.1. The van der Waals surface area contributed by atoms with Crippen molar-refractivity contribution in [1.82, 2.24) is 14.1 Å². The summed E-state index contributed by atoms with van der Waals surface area (Å²) >= 11 is 12.5. The number of hydrogen-bond donors (Lipinski definition) is 1. The number of carbonyl (C=O) groups is 1. The molecule has 2 atom stereocenters. The number of allylic oxidation sites excluding steroid dienone is 2. The van der Waals surface area contributed by atoms with Crippen molar-refractivity contribution in [3.05, 3.63) is 123 Å². The summed E-state index contributed by atoms with van der Waals surface area (Å²) in [5.41, 5.74) is 5.17. The van der Waals surface area contributed by atoms with Gasteiger partial charge in [0.15, 0.2) is 0 Å². The van der Waals surface area contributed by atoms with Crippen LogP contribution in [0.15, 0.2) is 91.0 Å². The lowest BCUT2D eigenvalue weighted by Gasteiger charge is -2.37. The minimum absolute atomic E-state index is 0.00978. The van der Waals surface area contributed by atoms with Gasteiger partial charge in [0.2, 0.25) is 0 Å². The van der Waals surface area contributed by atoms with Crippen LogP contribution in [-0.4, -0.2) is 51.7 Å². The topological polar surface area (TPSA) is 92.5 Å². The van der Waals surface area contributed by atoms with E-state index in [1.807, 2.05) is 54.6 Å². The molecule has 1 aromatic heterocycles. The molecule has 2 heterocycles. The maximum Gasteiger partial charge on any atom is 0.315 e. The van der Waals surface area contributed by atoms with Gasteiger partial charge in [0.1, 0.15) is 5.92 Å². The first-order valence-corrected chi connectivity index (χ1v) is 17.6. The van der Waals surface area contributed by atoms with Gasteiger partial charge < -0.3 is 5.11 Å². The molecule has 11 heteroatoms. The Morgan fingerprint density at radius 1 is 0.891 bits per heavy atom. The summed E-state index contributed by atoms with van der Waals surface area (Å²) in [7, 11) is -4.61. The third kappa shape index (κ3) is 5.47. The molecule has 1 aliphatic heterocycles. The monoisotopic (exact) mass is 679 g/mol. The molecule has 46 heavy (non-hydrogen) atoms. The fourth-order valence-electron chi connectivity index (χ4n) is 6.87. The van der Waals surface area contributed by atoms with Gasteiger partial charge in [0.25, 0.3) is 15.0 Å². The standard InChI is InChI=1S/C35H32Cl2FN3O4S/c36-26-9-4-22(5-10-26)32(23-6-11-27(37)12-7-23)25-8-15-31-29(21-25)33(41(39-31)28-13-14-28)24-16-19-40(20-17-24)46(44,45)35(38)18-2-1-3-30(35)34(42)43/h1-12,15,18,21,24,28,30,32H,13-14,16-17,19-20H2,(H,42,43). The first-order valence-electron chi connectivity index (χ1n) is 15.4. The van der Waals surface area contributed by atoms with Crippen molar-refractivity contribution in [1.29, 1.82) is 0 Å². The van der Waals surface area contributed by atoms with E-state index in [1.165, 1.54) is 12.2 Å². The number of fused-ring (bicyclic) bond motifs is 1. The molecule has 7 rings (SSSR count). The Bertz CT molecular complexity index is 1920. The molecule has 4 aromatic rings. The molecule has 1 N–H and O–H groups in total. The van der Waals surface area contributed by atoms with Crippen molar-refractivity contribution >= 4 is 50.1 Å². The van der Waals surface area contributed by atoms with Gasteiger partial charge in [-0.15, -0.1) is 0 Å². The van der Waals surface area contributed by atoms with E-state index in [4.69, 9.17) is 28.3 Å². The maximum absolute atomic E-state index is 16.1. The van der Waals surface area contributed by atoms with Crippen LogP contribution in [0.1, 0.15) is 65.9 Å². The molecule has 1 saturated carbocycles. The average Bonchev–Trinajstić information content (AvgIpc) is 3.83. The van der Waals surface area contributed by atoms with Gasteiger partial charge in [-0.3, -0.25) is 9.48 Å². The number of hydrogen-bond acceptors (Lipinski definition) is 4. The van der Waals surface area contributed by atoms with E-state index >= 15 is 4.39 Å².